The summed E-state index contributed by atoms with van der Waals surface area (Å²) in [4.78, 5) is 22.2. The summed E-state index contributed by atoms with van der Waals surface area (Å²) >= 11 is 1.54. The molecule has 0 spiro atoms. The van der Waals surface area contributed by atoms with E-state index < -0.39 is 5.91 Å². The van der Waals surface area contributed by atoms with E-state index in [4.69, 9.17) is 5.21 Å². The second-order valence-corrected chi connectivity index (χ2v) is 5.54. The van der Waals surface area contributed by atoms with Crippen LogP contribution >= 0.6 is 11.8 Å². The maximum Gasteiger partial charge on any atom is 0.244 e. The average molecular weight is 320 g/mol. The number of hydroxylamine groups is 1. The number of rotatable bonds is 9. The van der Waals surface area contributed by atoms with Gasteiger partial charge in [-0.2, -0.15) is 11.8 Å². The highest BCUT2D eigenvalue weighted by atomic mass is 32.2. The van der Waals surface area contributed by atoms with Gasteiger partial charge in [0.2, 0.25) is 11.8 Å². The van der Waals surface area contributed by atoms with Crippen molar-refractivity contribution in [3.8, 4) is 0 Å². The Morgan fingerprint density at radius 2 is 1.91 bits per heavy atom. The highest BCUT2D eigenvalue weighted by Gasteiger charge is 1.98. The Kier molecular flexibility index (Phi) is 9.48. The van der Waals surface area contributed by atoms with Crippen LogP contribution in [0.4, 0.5) is 0 Å². The van der Waals surface area contributed by atoms with Gasteiger partial charge in [-0.25, -0.2) is 5.48 Å². The lowest BCUT2D eigenvalue weighted by molar-refractivity contribution is -0.128. The smallest absolute Gasteiger partial charge is 0.244 e. The normalized spacial score (nSPS) is 11.0. The van der Waals surface area contributed by atoms with Crippen molar-refractivity contribution < 1.29 is 14.8 Å². The molecule has 0 fully saturated rings. The van der Waals surface area contributed by atoms with Crippen molar-refractivity contribution in [2.24, 2.45) is 0 Å². The average Bonchev–Trinajstić information content (AvgIpc) is 2.55. The first-order valence-corrected chi connectivity index (χ1v) is 8.06. The minimum atomic E-state index is -0.398. The van der Waals surface area contributed by atoms with Crippen molar-refractivity contribution >= 4 is 29.7 Å². The molecule has 6 heteroatoms. The molecule has 0 radical (unpaired) electrons. The molecule has 5 nitrogen and oxygen atoms in total. The van der Waals surface area contributed by atoms with E-state index in [0.29, 0.717) is 12.3 Å². The van der Waals surface area contributed by atoms with Gasteiger partial charge < -0.3 is 5.32 Å². The van der Waals surface area contributed by atoms with Gasteiger partial charge in [-0.15, -0.1) is 0 Å². The van der Waals surface area contributed by atoms with Crippen LogP contribution in [0.1, 0.15) is 12.0 Å². The quantitative estimate of drug-likeness (QED) is 0.214. The Bertz CT molecular complexity index is 515. The SMILES string of the molecule is O=C(/C=C/C=C/c1ccccc1)NCCSCCC(=O)NO. The zero-order valence-electron chi connectivity index (χ0n) is 12.2. The molecule has 0 atom stereocenters. The van der Waals surface area contributed by atoms with Gasteiger partial charge in [-0.05, 0) is 5.56 Å². The third-order valence-corrected chi connectivity index (χ3v) is 3.58. The van der Waals surface area contributed by atoms with Gasteiger partial charge in [0.1, 0.15) is 0 Å². The number of allylic oxidation sites excluding steroid dienone is 2. The third kappa shape index (κ3) is 8.99. The fraction of sp³-hybridized carbons (Fsp3) is 0.250. The van der Waals surface area contributed by atoms with Crippen LogP contribution in [0.3, 0.4) is 0 Å². The molecule has 118 valence electrons. The predicted octanol–water partition coefficient (Wildman–Crippen LogP) is 2.00. The fourth-order valence-corrected chi connectivity index (χ4v) is 2.28. The fourth-order valence-electron chi connectivity index (χ4n) is 1.50. The van der Waals surface area contributed by atoms with Crippen LogP contribution in [0.5, 0.6) is 0 Å². The van der Waals surface area contributed by atoms with Crippen LogP contribution in [-0.2, 0) is 9.59 Å². The molecule has 1 aromatic carbocycles. The van der Waals surface area contributed by atoms with E-state index >= 15 is 0 Å². The predicted molar refractivity (Wildman–Crippen MR) is 89.5 cm³/mol. The van der Waals surface area contributed by atoms with E-state index in [1.807, 2.05) is 42.5 Å². The molecule has 0 unspecified atom stereocenters. The van der Waals surface area contributed by atoms with Gasteiger partial charge in [0.15, 0.2) is 0 Å². The highest BCUT2D eigenvalue weighted by Crippen LogP contribution is 2.01. The molecule has 2 amide bonds. The van der Waals surface area contributed by atoms with E-state index in [2.05, 4.69) is 5.32 Å². The summed E-state index contributed by atoms with van der Waals surface area (Å²) in [5.41, 5.74) is 2.66. The van der Waals surface area contributed by atoms with Crippen LogP contribution in [0.15, 0.2) is 48.6 Å². The van der Waals surface area contributed by atoms with Crippen LogP contribution in [0.2, 0.25) is 0 Å². The van der Waals surface area contributed by atoms with Crippen molar-refractivity contribution in [1.29, 1.82) is 0 Å². The number of carbonyl (C=O) groups is 2. The first-order valence-electron chi connectivity index (χ1n) is 6.90. The van der Waals surface area contributed by atoms with Gasteiger partial charge in [0.05, 0.1) is 0 Å². The number of carbonyl (C=O) groups excluding carboxylic acids is 2. The number of hydrogen-bond acceptors (Lipinski definition) is 4. The second kappa shape index (κ2) is 11.6. The molecule has 0 bridgehead atoms. The van der Waals surface area contributed by atoms with Gasteiger partial charge >= 0.3 is 0 Å². The van der Waals surface area contributed by atoms with E-state index in [9.17, 15) is 9.59 Å². The first kappa shape index (κ1) is 18.0. The summed E-state index contributed by atoms with van der Waals surface area (Å²) in [5.74, 6) is 0.784. The monoisotopic (exact) mass is 320 g/mol. The summed E-state index contributed by atoms with van der Waals surface area (Å²) in [5, 5.41) is 11.1. The summed E-state index contributed by atoms with van der Waals surface area (Å²) in [7, 11) is 0. The van der Waals surface area contributed by atoms with Gasteiger partial charge in [-0.3, -0.25) is 14.8 Å². The summed E-state index contributed by atoms with van der Waals surface area (Å²) in [6.07, 6.45) is 7.17. The molecule has 0 aliphatic rings. The maximum absolute atomic E-state index is 11.5. The Balaban J connectivity index is 2.09. The van der Waals surface area contributed by atoms with E-state index in [1.54, 1.807) is 11.6 Å². The number of amides is 2. The van der Waals surface area contributed by atoms with Crippen molar-refractivity contribution in [1.82, 2.24) is 10.8 Å². The van der Waals surface area contributed by atoms with Gasteiger partial charge in [0.25, 0.3) is 0 Å². The molecule has 0 aliphatic carbocycles. The molecule has 0 saturated heterocycles. The van der Waals surface area contributed by atoms with Gasteiger partial charge in [0, 0.05) is 30.5 Å². The third-order valence-electron chi connectivity index (χ3n) is 2.59. The van der Waals surface area contributed by atoms with E-state index in [-0.39, 0.29) is 12.3 Å². The molecule has 3 N–H and O–H groups in total. The van der Waals surface area contributed by atoms with Crippen LogP contribution < -0.4 is 10.8 Å². The summed E-state index contributed by atoms with van der Waals surface area (Å²) < 4.78 is 0. The van der Waals surface area contributed by atoms with Crippen molar-refractivity contribution in [2.75, 3.05) is 18.1 Å². The summed E-state index contributed by atoms with van der Waals surface area (Å²) in [6.45, 7) is 0.539. The molecular formula is C16H20N2O3S. The van der Waals surface area contributed by atoms with Crippen LogP contribution in [-0.4, -0.2) is 35.1 Å². The second-order valence-electron chi connectivity index (χ2n) is 4.32. The molecule has 0 aromatic heterocycles. The van der Waals surface area contributed by atoms with E-state index in [1.165, 1.54) is 17.8 Å². The number of benzene rings is 1. The number of hydrogen-bond donors (Lipinski definition) is 3. The standard InChI is InChI=1S/C16H20N2O3S/c19-15(17-11-13-22-12-10-16(20)18-21)9-5-4-8-14-6-2-1-3-7-14/h1-9,21H,10-13H2,(H,17,19)(H,18,20)/b8-4+,9-5+. The Labute approximate surface area is 134 Å². The molecular weight excluding hydrogens is 300 g/mol. The molecule has 0 saturated carbocycles. The lowest BCUT2D eigenvalue weighted by atomic mass is 10.2. The van der Waals surface area contributed by atoms with Gasteiger partial charge in [-0.1, -0.05) is 48.6 Å². The van der Waals surface area contributed by atoms with Crippen LogP contribution in [0.25, 0.3) is 6.08 Å². The lowest BCUT2D eigenvalue weighted by Gasteiger charge is -2.02. The Morgan fingerprint density at radius 1 is 1.14 bits per heavy atom. The molecule has 0 aliphatic heterocycles. The topological polar surface area (TPSA) is 78.4 Å². The largest absolute Gasteiger partial charge is 0.352 e. The Hall–Kier alpha value is -2.05. The minimum absolute atomic E-state index is 0.147. The zero-order valence-corrected chi connectivity index (χ0v) is 13.0. The minimum Gasteiger partial charge on any atom is -0.352 e. The van der Waals surface area contributed by atoms with Crippen molar-refractivity contribution in [3.63, 3.8) is 0 Å². The molecule has 22 heavy (non-hydrogen) atoms. The molecule has 0 heterocycles. The zero-order chi connectivity index (χ0) is 16.0. The number of nitrogens with one attached hydrogen (secondary N) is 2. The van der Waals surface area contributed by atoms with E-state index in [0.717, 1.165) is 11.3 Å². The Morgan fingerprint density at radius 3 is 2.64 bits per heavy atom. The molecule has 1 aromatic rings. The first-order chi connectivity index (χ1) is 10.7. The molecule has 1 rings (SSSR count). The van der Waals surface area contributed by atoms with Crippen molar-refractivity contribution in [3.05, 3.63) is 54.1 Å². The maximum atomic E-state index is 11.5. The summed E-state index contributed by atoms with van der Waals surface area (Å²) in [6, 6.07) is 9.84. The number of thioether (sulfide) groups is 1. The lowest BCUT2D eigenvalue weighted by Crippen LogP contribution is -2.24. The van der Waals surface area contributed by atoms with Crippen molar-refractivity contribution in [2.45, 2.75) is 6.42 Å². The van der Waals surface area contributed by atoms with Crippen LogP contribution in [0, 0.1) is 0 Å². The highest BCUT2D eigenvalue weighted by molar-refractivity contribution is 7.99.